The second kappa shape index (κ2) is 9.94. The lowest BCUT2D eigenvalue weighted by atomic mass is 10.1. The minimum Gasteiger partial charge on any atom is -0.449 e. The number of nitrogens with zero attached hydrogens (tertiary/aromatic N) is 3. The largest absolute Gasteiger partial charge is 0.449 e. The summed E-state index contributed by atoms with van der Waals surface area (Å²) in [5.74, 6) is -1.06. The number of carbonyl (C=O) groups excluding carboxylic acids is 1. The van der Waals surface area contributed by atoms with Gasteiger partial charge in [-0.1, -0.05) is 37.2 Å². The zero-order valence-electron chi connectivity index (χ0n) is 18.5. The third kappa shape index (κ3) is 5.45. The molecular weight excluding hydrogens is 475 g/mol. The summed E-state index contributed by atoms with van der Waals surface area (Å²) in [6.07, 6.45) is -5.57. The maximum atomic E-state index is 12.9. The standard InChI is InChI=1S/C22H22F3N3O5S/c1-4-28(5-2)34(30,31)18-11-7-9-16(13-18)21(29)32-14(3)20-26-19(27-33-20)15-8-6-10-17(12-15)22(23,24)25/h6-14H,4-5H2,1-3H3. The van der Waals surface area contributed by atoms with Crippen LogP contribution in [0.25, 0.3) is 11.4 Å². The van der Waals surface area contributed by atoms with E-state index in [0.29, 0.717) is 0 Å². The van der Waals surface area contributed by atoms with E-state index in [1.165, 1.54) is 47.6 Å². The van der Waals surface area contributed by atoms with E-state index in [9.17, 15) is 26.4 Å². The van der Waals surface area contributed by atoms with Gasteiger partial charge < -0.3 is 9.26 Å². The minimum absolute atomic E-state index is 0.00213. The molecule has 0 bridgehead atoms. The Bertz CT molecular complexity index is 1270. The Labute approximate surface area is 194 Å². The molecule has 182 valence electrons. The Balaban J connectivity index is 1.77. The highest BCUT2D eigenvalue weighted by atomic mass is 32.2. The normalized spacial score (nSPS) is 13.1. The molecule has 1 atom stereocenters. The number of carbonyl (C=O) groups is 1. The van der Waals surface area contributed by atoms with Crippen LogP contribution in [0.15, 0.2) is 57.9 Å². The van der Waals surface area contributed by atoms with Crippen LogP contribution in [0.4, 0.5) is 13.2 Å². The van der Waals surface area contributed by atoms with Gasteiger partial charge in [-0.15, -0.1) is 0 Å². The fourth-order valence-corrected chi connectivity index (χ4v) is 4.63. The molecule has 3 rings (SSSR count). The fraction of sp³-hybridized carbons (Fsp3) is 0.318. The lowest BCUT2D eigenvalue weighted by Crippen LogP contribution is -2.30. The summed E-state index contributed by atoms with van der Waals surface area (Å²) in [6, 6.07) is 9.84. The van der Waals surface area contributed by atoms with Crippen LogP contribution < -0.4 is 0 Å². The third-order valence-corrected chi connectivity index (χ3v) is 6.98. The van der Waals surface area contributed by atoms with Crippen molar-refractivity contribution in [3.8, 4) is 11.4 Å². The number of esters is 1. The minimum atomic E-state index is -4.53. The van der Waals surface area contributed by atoms with Gasteiger partial charge in [0.2, 0.25) is 15.8 Å². The Morgan fingerprint density at radius 1 is 1.12 bits per heavy atom. The Hall–Kier alpha value is -3.25. The summed E-state index contributed by atoms with van der Waals surface area (Å²) >= 11 is 0. The number of hydrogen-bond donors (Lipinski definition) is 0. The molecule has 8 nitrogen and oxygen atoms in total. The van der Waals surface area contributed by atoms with Crippen LogP contribution in [0.5, 0.6) is 0 Å². The van der Waals surface area contributed by atoms with E-state index in [1.54, 1.807) is 13.8 Å². The molecule has 1 unspecified atom stereocenters. The number of alkyl halides is 3. The van der Waals surface area contributed by atoms with E-state index in [1.807, 2.05) is 0 Å². The number of hydrogen-bond acceptors (Lipinski definition) is 7. The topological polar surface area (TPSA) is 103 Å². The molecule has 12 heteroatoms. The average Bonchev–Trinajstić information content (AvgIpc) is 3.30. The molecule has 1 heterocycles. The molecule has 34 heavy (non-hydrogen) atoms. The predicted octanol–water partition coefficient (Wildman–Crippen LogP) is 4.70. The Morgan fingerprint density at radius 3 is 2.44 bits per heavy atom. The SMILES string of the molecule is CCN(CC)S(=O)(=O)c1cccc(C(=O)OC(C)c2nc(-c3cccc(C(F)(F)F)c3)no2)c1. The molecule has 0 saturated carbocycles. The van der Waals surface area contributed by atoms with E-state index in [2.05, 4.69) is 10.1 Å². The monoisotopic (exact) mass is 497 g/mol. The van der Waals surface area contributed by atoms with E-state index < -0.39 is 33.8 Å². The van der Waals surface area contributed by atoms with Gasteiger partial charge in [0.05, 0.1) is 16.0 Å². The summed E-state index contributed by atoms with van der Waals surface area (Å²) in [7, 11) is -3.77. The van der Waals surface area contributed by atoms with E-state index >= 15 is 0 Å². The molecule has 2 aromatic carbocycles. The zero-order valence-corrected chi connectivity index (χ0v) is 19.4. The maximum absolute atomic E-state index is 12.9. The number of halogens is 3. The summed E-state index contributed by atoms with van der Waals surface area (Å²) in [4.78, 5) is 16.6. The Morgan fingerprint density at radius 2 is 1.79 bits per heavy atom. The molecule has 0 aliphatic rings. The fourth-order valence-electron chi connectivity index (χ4n) is 3.13. The molecule has 1 aromatic heterocycles. The maximum Gasteiger partial charge on any atom is 0.416 e. The van der Waals surface area contributed by atoms with E-state index in [0.717, 1.165) is 12.1 Å². The summed E-state index contributed by atoms with van der Waals surface area (Å²) < 4.78 is 75.9. The molecule has 0 spiro atoms. The third-order valence-electron chi connectivity index (χ3n) is 4.93. The van der Waals surface area contributed by atoms with Gasteiger partial charge in [0.25, 0.3) is 5.89 Å². The molecular formula is C22H22F3N3O5S. The first-order valence-electron chi connectivity index (χ1n) is 10.3. The highest BCUT2D eigenvalue weighted by Crippen LogP contribution is 2.32. The van der Waals surface area contributed by atoms with Crippen LogP contribution in [0.1, 0.15) is 48.7 Å². The van der Waals surface area contributed by atoms with Crippen LogP contribution in [0.2, 0.25) is 0 Å². The number of benzene rings is 2. The molecule has 0 N–H and O–H groups in total. The molecule has 0 aliphatic heterocycles. The zero-order chi connectivity index (χ0) is 25.1. The molecule has 0 aliphatic carbocycles. The quantitative estimate of drug-likeness (QED) is 0.416. The summed E-state index contributed by atoms with van der Waals surface area (Å²) in [6.45, 7) is 5.40. The van der Waals surface area contributed by atoms with Crippen molar-refractivity contribution in [2.45, 2.75) is 37.9 Å². The molecule has 3 aromatic rings. The smallest absolute Gasteiger partial charge is 0.416 e. The van der Waals surface area contributed by atoms with Crippen molar-refractivity contribution in [2.24, 2.45) is 0 Å². The van der Waals surface area contributed by atoms with Crippen LogP contribution in [0.3, 0.4) is 0 Å². The lowest BCUT2D eigenvalue weighted by Gasteiger charge is -2.18. The van der Waals surface area contributed by atoms with Gasteiger partial charge in [-0.3, -0.25) is 0 Å². The first-order chi connectivity index (χ1) is 16.0. The van der Waals surface area contributed by atoms with Gasteiger partial charge in [0.15, 0.2) is 6.10 Å². The molecule has 0 fully saturated rings. The number of rotatable bonds is 8. The van der Waals surface area contributed by atoms with Gasteiger partial charge in [-0.25, -0.2) is 13.2 Å². The number of sulfonamides is 1. The predicted molar refractivity (Wildman–Crippen MR) is 115 cm³/mol. The second-order valence-corrected chi connectivity index (χ2v) is 9.14. The average molecular weight is 497 g/mol. The van der Waals surface area contributed by atoms with E-state index in [4.69, 9.17) is 9.26 Å². The highest BCUT2D eigenvalue weighted by Gasteiger charge is 2.31. The molecule has 0 amide bonds. The Kier molecular flexibility index (Phi) is 7.41. The van der Waals surface area contributed by atoms with Gasteiger partial charge in [0, 0.05) is 18.7 Å². The van der Waals surface area contributed by atoms with Crippen LogP contribution in [-0.2, 0) is 20.9 Å². The van der Waals surface area contributed by atoms with E-state index in [-0.39, 0.29) is 40.8 Å². The van der Waals surface area contributed by atoms with Crippen molar-refractivity contribution < 1.29 is 35.6 Å². The van der Waals surface area contributed by atoms with Crippen molar-refractivity contribution >= 4 is 16.0 Å². The number of aromatic nitrogens is 2. The van der Waals surface area contributed by atoms with Crippen LogP contribution in [0, 0.1) is 0 Å². The summed E-state index contributed by atoms with van der Waals surface area (Å²) in [5, 5.41) is 3.67. The first kappa shape index (κ1) is 25.4. The highest BCUT2D eigenvalue weighted by molar-refractivity contribution is 7.89. The second-order valence-electron chi connectivity index (χ2n) is 7.20. The van der Waals surface area contributed by atoms with Gasteiger partial charge in [0.1, 0.15) is 0 Å². The van der Waals surface area contributed by atoms with Crippen molar-refractivity contribution in [1.29, 1.82) is 0 Å². The first-order valence-corrected chi connectivity index (χ1v) is 11.7. The van der Waals surface area contributed by atoms with Gasteiger partial charge in [-0.05, 0) is 37.3 Å². The van der Waals surface area contributed by atoms with Gasteiger partial charge >= 0.3 is 12.1 Å². The van der Waals surface area contributed by atoms with Crippen LogP contribution >= 0.6 is 0 Å². The number of ether oxygens (including phenoxy) is 1. The van der Waals surface area contributed by atoms with Crippen molar-refractivity contribution in [3.63, 3.8) is 0 Å². The lowest BCUT2D eigenvalue weighted by molar-refractivity contribution is -0.137. The molecule has 0 saturated heterocycles. The van der Waals surface area contributed by atoms with Crippen molar-refractivity contribution in [3.05, 3.63) is 65.5 Å². The van der Waals surface area contributed by atoms with Gasteiger partial charge in [-0.2, -0.15) is 22.5 Å². The molecule has 0 radical (unpaired) electrons. The van der Waals surface area contributed by atoms with Crippen molar-refractivity contribution in [2.75, 3.05) is 13.1 Å². The summed E-state index contributed by atoms with van der Waals surface area (Å²) in [5.41, 5.74) is -0.786. The van der Waals surface area contributed by atoms with Crippen LogP contribution in [-0.4, -0.2) is 41.9 Å². The van der Waals surface area contributed by atoms with Crippen molar-refractivity contribution in [1.82, 2.24) is 14.4 Å².